The Morgan fingerprint density at radius 3 is 2.58 bits per heavy atom. The van der Waals surface area contributed by atoms with Gasteiger partial charge in [-0.15, -0.1) is 16.4 Å². The summed E-state index contributed by atoms with van der Waals surface area (Å²) in [5.41, 5.74) is 2.66. The molecule has 1 N–H and O–H groups in total. The van der Waals surface area contributed by atoms with E-state index in [0.29, 0.717) is 16.9 Å². The molecule has 166 valence electrons. The predicted molar refractivity (Wildman–Crippen MR) is 122 cm³/mol. The van der Waals surface area contributed by atoms with Crippen molar-refractivity contribution in [1.82, 2.24) is 19.5 Å². The van der Waals surface area contributed by atoms with Crippen LogP contribution < -0.4 is 10.1 Å². The largest absolute Gasteiger partial charge is 0.497 e. The highest BCUT2D eigenvalue weighted by Crippen LogP contribution is 2.25. The number of imide groups is 1. The van der Waals surface area contributed by atoms with Crippen LogP contribution in [0.25, 0.3) is 4.96 Å². The molecule has 0 saturated carbocycles. The molecule has 2 aromatic heterocycles. The van der Waals surface area contributed by atoms with Crippen LogP contribution in [-0.4, -0.2) is 50.9 Å². The van der Waals surface area contributed by atoms with E-state index in [4.69, 9.17) is 4.74 Å². The molecule has 5 rings (SSSR count). The van der Waals surface area contributed by atoms with Gasteiger partial charge in [-0.3, -0.25) is 24.6 Å². The number of carbonyl (C=O) groups is 3. The highest BCUT2D eigenvalue weighted by atomic mass is 32.1. The Morgan fingerprint density at radius 1 is 1.09 bits per heavy atom. The van der Waals surface area contributed by atoms with E-state index < -0.39 is 11.8 Å². The normalized spacial score (nSPS) is 13.0. The van der Waals surface area contributed by atoms with E-state index in [1.807, 2.05) is 36.6 Å². The zero-order valence-corrected chi connectivity index (χ0v) is 18.7. The quantitative estimate of drug-likeness (QED) is 0.442. The molecule has 0 aliphatic carbocycles. The molecule has 0 fully saturated rings. The van der Waals surface area contributed by atoms with Gasteiger partial charge in [0.15, 0.2) is 0 Å². The average molecular weight is 462 g/mol. The first-order valence-electron chi connectivity index (χ1n) is 10.2. The van der Waals surface area contributed by atoms with Gasteiger partial charge in [-0.2, -0.15) is 4.98 Å². The number of anilines is 1. The maximum atomic E-state index is 12.9. The Hall–Kier alpha value is -4.05. The Morgan fingerprint density at radius 2 is 1.85 bits per heavy atom. The van der Waals surface area contributed by atoms with Crippen LogP contribution in [0.15, 0.2) is 47.8 Å². The van der Waals surface area contributed by atoms with E-state index in [0.717, 1.165) is 17.0 Å². The van der Waals surface area contributed by atoms with Crippen molar-refractivity contribution in [2.45, 2.75) is 13.3 Å². The van der Waals surface area contributed by atoms with E-state index in [1.165, 1.54) is 34.4 Å². The maximum Gasteiger partial charge on any atom is 0.261 e. The maximum absolute atomic E-state index is 12.9. The van der Waals surface area contributed by atoms with Crippen molar-refractivity contribution in [2.24, 2.45) is 0 Å². The lowest BCUT2D eigenvalue weighted by atomic mass is 10.1. The Kier molecular flexibility index (Phi) is 5.14. The van der Waals surface area contributed by atoms with Gasteiger partial charge in [0.2, 0.25) is 4.96 Å². The summed E-state index contributed by atoms with van der Waals surface area (Å²) in [6.45, 7) is 2.14. The molecule has 1 aliphatic rings. The van der Waals surface area contributed by atoms with Crippen molar-refractivity contribution < 1.29 is 19.1 Å². The number of ether oxygens (including phenoxy) is 1. The number of nitrogens with zero attached hydrogens (tertiary/aromatic N) is 4. The molecule has 10 heteroatoms. The fraction of sp³-hybridized carbons (Fsp3) is 0.174. The molecule has 3 amide bonds. The number of rotatable bonds is 6. The summed E-state index contributed by atoms with van der Waals surface area (Å²) in [7, 11) is 1.59. The third-order valence-electron chi connectivity index (χ3n) is 5.49. The second-order valence-corrected chi connectivity index (χ2v) is 8.42. The topological polar surface area (TPSA) is 106 Å². The number of hydrogen-bond donors (Lipinski definition) is 1. The lowest BCUT2D eigenvalue weighted by Crippen LogP contribution is -2.31. The van der Waals surface area contributed by atoms with Crippen LogP contribution in [0.1, 0.15) is 42.3 Å². The highest BCUT2D eigenvalue weighted by Gasteiger charge is 2.35. The van der Waals surface area contributed by atoms with Crippen LogP contribution in [0.5, 0.6) is 5.75 Å². The number of hydrogen-bond acceptors (Lipinski definition) is 7. The summed E-state index contributed by atoms with van der Waals surface area (Å²) in [5, 5.41) is 8.83. The summed E-state index contributed by atoms with van der Waals surface area (Å²) < 4.78 is 6.79. The third kappa shape index (κ3) is 3.74. The van der Waals surface area contributed by atoms with Gasteiger partial charge in [-0.05, 0) is 49.2 Å². The summed E-state index contributed by atoms with van der Waals surface area (Å²) in [4.78, 5) is 44.5. The molecule has 9 nitrogen and oxygen atoms in total. The smallest absolute Gasteiger partial charge is 0.261 e. The van der Waals surface area contributed by atoms with E-state index in [1.54, 1.807) is 11.6 Å². The number of aryl methyl sites for hydroxylation is 1. The highest BCUT2D eigenvalue weighted by molar-refractivity contribution is 7.15. The number of benzene rings is 2. The first kappa shape index (κ1) is 20.8. The van der Waals surface area contributed by atoms with E-state index >= 15 is 0 Å². The summed E-state index contributed by atoms with van der Waals surface area (Å²) >= 11 is 1.42. The van der Waals surface area contributed by atoms with Crippen LogP contribution in [0.2, 0.25) is 0 Å². The SMILES string of the molecule is COc1ccc(CCN2C(=O)c3ccc(C(=O)Nc4nc5scc(C)n5n4)cc3C2=O)cc1. The van der Waals surface area contributed by atoms with E-state index in [2.05, 4.69) is 15.4 Å². The molecule has 3 heterocycles. The van der Waals surface area contributed by atoms with Gasteiger partial charge < -0.3 is 4.74 Å². The molecule has 2 aromatic carbocycles. The zero-order chi connectivity index (χ0) is 23.1. The van der Waals surface area contributed by atoms with Crippen molar-refractivity contribution in [1.29, 1.82) is 0 Å². The molecule has 0 bridgehead atoms. The molecule has 0 radical (unpaired) electrons. The van der Waals surface area contributed by atoms with Crippen molar-refractivity contribution in [3.8, 4) is 5.75 Å². The predicted octanol–water partition coefficient (Wildman–Crippen LogP) is 3.20. The number of nitrogens with one attached hydrogen (secondary N) is 1. The lowest BCUT2D eigenvalue weighted by Gasteiger charge is -2.13. The van der Waals surface area contributed by atoms with Crippen LogP contribution in [0, 0.1) is 6.92 Å². The fourth-order valence-electron chi connectivity index (χ4n) is 3.69. The standard InChI is InChI=1S/C23H19N5O4S/c1-13-12-33-23-25-22(26-28(13)23)24-19(29)15-5-8-17-18(11-15)21(31)27(20(17)30)10-9-14-3-6-16(32-2)7-4-14/h3-8,11-12H,9-10H2,1-2H3,(H,24,26,29). The number of fused-ring (bicyclic) bond motifs is 2. The second kappa shape index (κ2) is 8.14. The number of carbonyl (C=O) groups excluding carboxylic acids is 3. The van der Waals surface area contributed by atoms with Crippen LogP contribution >= 0.6 is 11.3 Å². The van der Waals surface area contributed by atoms with Gasteiger partial charge in [-0.25, -0.2) is 4.52 Å². The van der Waals surface area contributed by atoms with Crippen LogP contribution in [0.4, 0.5) is 5.95 Å². The third-order valence-corrected chi connectivity index (χ3v) is 6.42. The summed E-state index contributed by atoms with van der Waals surface area (Å²) in [6.07, 6.45) is 0.519. The molecular formula is C23H19N5O4S. The molecule has 1 aliphatic heterocycles. The number of aromatic nitrogens is 3. The van der Waals surface area contributed by atoms with Crippen LogP contribution in [0.3, 0.4) is 0 Å². The van der Waals surface area contributed by atoms with Crippen molar-refractivity contribution in [3.63, 3.8) is 0 Å². The molecule has 0 unspecified atom stereocenters. The van der Waals surface area contributed by atoms with E-state index in [9.17, 15) is 14.4 Å². The summed E-state index contributed by atoms with van der Waals surface area (Å²) in [5.74, 6) is -0.299. The molecular weight excluding hydrogens is 442 g/mol. The Bertz CT molecular complexity index is 1410. The van der Waals surface area contributed by atoms with Gasteiger partial charge in [0, 0.05) is 17.5 Å². The first-order valence-corrected chi connectivity index (χ1v) is 11.1. The molecule has 0 saturated heterocycles. The minimum Gasteiger partial charge on any atom is -0.497 e. The molecule has 4 aromatic rings. The monoisotopic (exact) mass is 461 g/mol. The van der Waals surface area contributed by atoms with Gasteiger partial charge in [0.05, 0.1) is 23.9 Å². The Balaban J connectivity index is 1.30. The summed E-state index contributed by atoms with van der Waals surface area (Å²) in [6, 6.07) is 12.0. The molecule has 33 heavy (non-hydrogen) atoms. The lowest BCUT2D eigenvalue weighted by molar-refractivity contribution is 0.0656. The Labute approximate surface area is 192 Å². The minimum atomic E-state index is -0.453. The van der Waals surface area contributed by atoms with Crippen molar-refractivity contribution >= 4 is 40.0 Å². The number of methoxy groups -OCH3 is 1. The number of amides is 3. The van der Waals surface area contributed by atoms with Gasteiger partial charge in [-0.1, -0.05) is 12.1 Å². The second-order valence-electron chi connectivity index (χ2n) is 7.58. The first-order chi connectivity index (χ1) is 15.9. The fourth-order valence-corrected chi connectivity index (χ4v) is 4.49. The molecule has 0 atom stereocenters. The zero-order valence-electron chi connectivity index (χ0n) is 17.9. The van der Waals surface area contributed by atoms with E-state index in [-0.39, 0.29) is 29.5 Å². The van der Waals surface area contributed by atoms with Gasteiger partial charge in [0.1, 0.15) is 5.75 Å². The van der Waals surface area contributed by atoms with Crippen LogP contribution in [-0.2, 0) is 6.42 Å². The molecule has 0 spiro atoms. The van der Waals surface area contributed by atoms with Crippen molar-refractivity contribution in [2.75, 3.05) is 19.0 Å². The van der Waals surface area contributed by atoms with Gasteiger partial charge >= 0.3 is 0 Å². The number of thiazole rings is 1. The minimum absolute atomic E-state index is 0.180. The van der Waals surface area contributed by atoms with Crippen molar-refractivity contribution in [3.05, 3.63) is 75.8 Å². The average Bonchev–Trinajstić information content (AvgIpc) is 3.46. The van der Waals surface area contributed by atoms with Gasteiger partial charge in [0.25, 0.3) is 23.7 Å².